The number of nitrogens with zero attached hydrogens (tertiary/aromatic N) is 1. The minimum atomic E-state index is -0.164. The Morgan fingerprint density at radius 1 is 1.04 bits per heavy atom. The van der Waals surface area contributed by atoms with Gasteiger partial charge in [-0.15, -0.1) is 0 Å². The van der Waals surface area contributed by atoms with Gasteiger partial charge in [0, 0.05) is 37.3 Å². The van der Waals surface area contributed by atoms with E-state index in [1.165, 1.54) is 6.92 Å². The highest BCUT2D eigenvalue weighted by Crippen LogP contribution is 2.34. The Kier molecular flexibility index (Phi) is 5.35. The molecule has 6 heteroatoms. The number of carbonyl (C=O) groups excluding carboxylic acids is 2. The number of anilines is 2. The summed E-state index contributed by atoms with van der Waals surface area (Å²) in [5.74, 6) is 1.04. The molecule has 142 valence electrons. The fourth-order valence-corrected chi connectivity index (χ4v) is 3.44. The van der Waals surface area contributed by atoms with E-state index in [2.05, 4.69) is 5.32 Å². The molecule has 0 bridgehead atoms. The third-order valence-electron chi connectivity index (χ3n) is 4.50. The van der Waals surface area contributed by atoms with E-state index in [1.807, 2.05) is 32.9 Å². The molecule has 0 saturated carbocycles. The van der Waals surface area contributed by atoms with E-state index in [4.69, 9.17) is 9.47 Å². The fourth-order valence-electron chi connectivity index (χ4n) is 3.44. The minimum absolute atomic E-state index is 0.0825. The zero-order chi connectivity index (χ0) is 19.6. The van der Waals surface area contributed by atoms with Gasteiger partial charge in [0.1, 0.15) is 0 Å². The van der Waals surface area contributed by atoms with Gasteiger partial charge in [0.15, 0.2) is 11.5 Å². The molecule has 2 amide bonds. The summed E-state index contributed by atoms with van der Waals surface area (Å²) in [6.07, 6.45) is 0.195. The Balaban J connectivity index is 1.68. The lowest BCUT2D eigenvalue weighted by atomic mass is 10.0. The first-order chi connectivity index (χ1) is 12.8. The number of nitrogens with one attached hydrogen (secondary N) is 1. The highest BCUT2D eigenvalue weighted by molar-refractivity contribution is 5.96. The van der Waals surface area contributed by atoms with E-state index in [-0.39, 0.29) is 25.0 Å². The van der Waals surface area contributed by atoms with Crippen LogP contribution in [0.3, 0.4) is 0 Å². The van der Waals surface area contributed by atoms with Gasteiger partial charge in [-0.2, -0.15) is 0 Å². The number of carbonyl (C=O) groups is 2. The Labute approximate surface area is 159 Å². The summed E-state index contributed by atoms with van der Waals surface area (Å²) in [6, 6.07) is 9.36. The van der Waals surface area contributed by atoms with Crippen LogP contribution in [0.1, 0.15) is 30.0 Å². The monoisotopic (exact) mass is 368 g/mol. The van der Waals surface area contributed by atoms with E-state index in [9.17, 15) is 9.59 Å². The molecule has 1 N–H and O–H groups in total. The summed E-state index contributed by atoms with van der Waals surface area (Å²) < 4.78 is 10.6. The van der Waals surface area contributed by atoms with Crippen molar-refractivity contribution < 1.29 is 19.1 Å². The van der Waals surface area contributed by atoms with Crippen LogP contribution in [0.15, 0.2) is 30.3 Å². The van der Waals surface area contributed by atoms with E-state index in [1.54, 1.807) is 23.1 Å². The smallest absolute Gasteiger partial charge is 0.231 e. The zero-order valence-electron chi connectivity index (χ0n) is 16.1. The van der Waals surface area contributed by atoms with Crippen LogP contribution in [0.2, 0.25) is 0 Å². The van der Waals surface area contributed by atoms with Gasteiger partial charge in [-0.05, 0) is 44.0 Å². The summed E-state index contributed by atoms with van der Waals surface area (Å²) in [4.78, 5) is 26.2. The molecule has 1 aliphatic rings. The summed E-state index contributed by atoms with van der Waals surface area (Å²) in [6.45, 7) is 8.02. The topological polar surface area (TPSA) is 67.9 Å². The predicted molar refractivity (Wildman–Crippen MR) is 104 cm³/mol. The number of ether oxygens (including phenoxy) is 2. The molecule has 0 saturated heterocycles. The third kappa shape index (κ3) is 4.22. The molecule has 27 heavy (non-hydrogen) atoms. The summed E-state index contributed by atoms with van der Waals surface area (Å²) >= 11 is 0. The molecule has 0 atom stereocenters. The van der Waals surface area contributed by atoms with Gasteiger partial charge < -0.3 is 19.7 Å². The fraction of sp³-hybridized carbons (Fsp3) is 0.333. The molecular formula is C21H24N2O4. The van der Waals surface area contributed by atoms with Crippen molar-refractivity contribution in [3.63, 3.8) is 0 Å². The Morgan fingerprint density at radius 2 is 1.70 bits per heavy atom. The second kappa shape index (κ2) is 7.70. The number of hydrogen-bond acceptors (Lipinski definition) is 4. The quantitative estimate of drug-likeness (QED) is 0.873. The summed E-state index contributed by atoms with van der Waals surface area (Å²) in [5.41, 5.74) is 4.72. The molecule has 1 heterocycles. The lowest BCUT2D eigenvalue weighted by Gasteiger charge is -2.25. The maximum Gasteiger partial charge on any atom is 0.231 e. The van der Waals surface area contributed by atoms with Gasteiger partial charge >= 0.3 is 0 Å². The zero-order valence-corrected chi connectivity index (χ0v) is 16.1. The van der Waals surface area contributed by atoms with Gasteiger partial charge in [-0.1, -0.05) is 17.7 Å². The molecule has 0 fully saturated rings. The van der Waals surface area contributed by atoms with E-state index in [0.29, 0.717) is 23.7 Å². The van der Waals surface area contributed by atoms with Gasteiger partial charge in [-0.25, -0.2) is 0 Å². The van der Waals surface area contributed by atoms with Crippen LogP contribution in [-0.4, -0.2) is 25.2 Å². The first kappa shape index (κ1) is 18.8. The Hall–Kier alpha value is -3.02. The molecule has 0 aliphatic carbocycles. The minimum Gasteiger partial charge on any atom is -0.454 e. The number of fused-ring (bicyclic) bond motifs is 1. The maximum absolute atomic E-state index is 12.4. The van der Waals surface area contributed by atoms with Gasteiger partial charge in [0.05, 0.1) is 0 Å². The number of hydrogen-bond donors (Lipinski definition) is 1. The van der Waals surface area contributed by atoms with Crippen molar-refractivity contribution in [2.45, 2.75) is 34.1 Å². The second-order valence-electron chi connectivity index (χ2n) is 6.78. The average Bonchev–Trinajstić information content (AvgIpc) is 3.04. The van der Waals surface area contributed by atoms with Crippen LogP contribution in [0.5, 0.6) is 11.5 Å². The van der Waals surface area contributed by atoms with Crippen LogP contribution in [0.25, 0.3) is 0 Å². The van der Waals surface area contributed by atoms with E-state index >= 15 is 0 Å². The molecule has 0 spiro atoms. The molecule has 0 radical (unpaired) electrons. The summed E-state index contributed by atoms with van der Waals surface area (Å²) in [7, 11) is 0. The highest BCUT2D eigenvalue weighted by Gasteiger charge is 2.19. The van der Waals surface area contributed by atoms with Crippen LogP contribution in [0.4, 0.5) is 11.4 Å². The molecule has 0 aromatic heterocycles. The summed E-state index contributed by atoms with van der Waals surface area (Å²) in [5, 5.41) is 2.84. The lowest BCUT2D eigenvalue weighted by molar-refractivity contribution is -0.117. The SMILES string of the molecule is CC(=O)N(CCC(=O)Nc1ccc2c(c1)OCO2)c1c(C)cc(C)cc1C. The predicted octanol–water partition coefficient (Wildman–Crippen LogP) is 3.72. The Bertz CT molecular complexity index is 869. The van der Waals surface area contributed by atoms with Crippen LogP contribution in [0, 0.1) is 20.8 Å². The Morgan fingerprint density at radius 3 is 2.37 bits per heavy atom. The number of amides is 2. The number of benzene rings is 2. The van der Waals surface area contributed by atoms with Crippen molar-refractivity contribution in [2.75, 3.05) is 23.6 Å². The van der Waals surface area contributed by atoms with Crippen LogP contribution in [-0.2, 0) is 9.59 Å². The first-order valence-corrected chi connectivity index (χ1v) is 8.90. The van der Waals surface area contributed by atoms with Crippen LogP contribution < -0.4 is 19.7 Å². The maximum atomic E-state index is 12.4. The molecule has 0 unspecified atom stereocenters. The van der Waals surface area contributed by atoms with Gasteiger partial charge in [0.2, 0.25) is 18.6 Å². The van der Waals surface area contributed by atoms with Gasteiger partial charge in [-0.3, -0.25) is 9.59 Å². The lowest BCUT2D eigenvalue weighted by Crippen LogP contribution is -2.33. The average molecular weight is 368 g/mol. The highest BCUT2D eigenvalue weighted by atomic mass is 16.7. The van der Waals surface area contributed by atoms with Crippen LogP contribution >= 0.6 is 0 Å². The van der Waals surface area contributed by atoms with Crippen molar-refractivity contribution in [3.8, 4) is 11.5 Å². The van der Waals surface area contributed by atoms with E-state index in [0.717, 1.165) is 22.4 Å². The standard InChI is InChI=1S/C21H24N2O4/c1-13-9-14(2)21(15(3)10-13)23(16(4)24)8-7-20(25)22-17-5-6-18-19(11-17)27-12-26-18/h5-6,9-11H,7-8,12H2,1-4H3,(H,22,25). The first-order valence-electron chi connectivity index (χ1n) is 8.90. The normalized spacial score (nSPS) is 12.0. The second-order valence-corrected chi connectivity index (χ2v) is 6.78. The molecule has 1 aliphatic heterocycles. The third-order valence-corrected chi connectivity index (χ3v) is 4.50. The molecule has 2 aromatic carbocycles. The van der Waals surface area contributed by atoms with Crippen molar-refractivity contribution in [1.29, 1.82) is 0 Å². The van der Waals surface area contributed by atoms with Crippen molar-refractivity contribution >= 4 is 23.2 Å². The van der Waals surface area contributed by atoms with Crippen molar-refractivity contribution in [1.82, 2.24) is 0 Å². The largest absolute Gasteiger partial charge is 0.454 e. The van der Waals surface area contributed by atoms with Crippen molar-refractivity contribution in [2.24, 2.45) is 0 Å². The molecule has 3 rings (SSSR count). The van der Waals surface area contributed by atoms with Crippen molar-refractivity contribution in [3.05, 3.63) is 47.0 Å². The van der Waals surface area contributed by atoms with Gasteiger partial charge in [0.25, 0.3) is 0 Å². The molecular weight excluding hydrogens is 344 g/mol. The molecule has 6 nitrogen and oxygen atoms in total. The number of rotatable bonds is 5. The molecule has 2 aromatic rings. The van der Waals surface area contributed by atoms with E-state index < -0.39 is 0 Å². The number of aryl methyl sites for hydroxylation is 3.